The maximum atomic E-state index is 4.72. The molecule has 0 radical (unpaired) electrons. The van der Waals surface area contributed by atoms with Gasteiger partial charge in [0.1, 0.15) is 10.6 Å². The van der Waals surface area contributed by atoms with Gasteiger partial charge in [0.05, 0.1) is 10.3 Å². The van der Waals surface area contributed by atoms with Crippen molar-refractivity contribution < 1.29 is 0 Å². The summed E-state index contributed by atoms with van der Waals surface area (Å²) in [5, 5.41) is 6.59. The molecule has 1 N–H and O–H groups in total. The molecule has 0 fully saturated rings. The zero-order chi connectivity index (χ0) is 13.4. The molecule has 3 aromatic heterocycles. The van der Waals surface area contributed by atoms with E-state index in [0.29, 0.717) is 0 Å². The number of nitrogens with zero attached hydrogens (tertiary/aromatic N) is 2. The third-order valence-corrected chi connectivity index (χ3v) is 5.08. The minimum absolute atomic E-state index is 0.819. The highest BCUT2D eigenvalue weighted by atomic mass is 32.1. The van der Waals surface area contributed by atoms with E-state index in [4.69, 9.17) is 9.97 Å². The number of nitrogens with one attached hydrogen (secondary N) is 1. The lowest BCUT2D eigenvalue weighted by Gasteiger charge is -2.07. The zero-order valence-corrected chi connectivity index (χ0v) is 12.8. The Bertz CT molecular complexity index is 714. The Hall–Kier alpha value is -1.46. The largest absolute Gasteiger partial charge is 0.370 e. The van der Waals surface area contributed by atoms with Crippen LogP contribution >= 0.6 is 22.7 Å². The average molecular weight is 289 g/mol. The van der Waals surface area contributed by atoms with Crippen molar-refractivity contribution in [3.63, 3.8) is 0 Å². The first-order chi connectivity index (χ1) is 9.20. The fourth-order valence-corrected chi connectivity index (χ4v) is 3.75. The molecular formula is C14H15N3S2. The van der Waals surface area contributed by atoms with Crippen molar-refractivity contribution in [2.24, 2.45) is 0 Å². The van der Waals surface area contributed by atoms with E-state index in [1.807, 2.05) is 6.07 Å². The van der Waals surface area contributed by atoms with Gasteiger partial charge in [-0.25, -0.2) is 9.97 Å². The zero-order valence-electron chi connectivity index (χ0n) is 11.2. The summed E-state index contributed by atoms with van der Waals surface area (Å²) in [6, 6.07) is 4.10. The molecule has 3 rings (SSSR count). The summed E-state index contributed by atoms with van der Waals surface area (Å²) < 4.78 is 0. The normalized spacial score (nSPS) is 11.1. The summed E-state index contributed by atoms with van der Waals surface area (Å²) in [5.41, 5.74) is 1.29. The summed E-state index contributed by atoms with van der Waals surface area (Å²) in [6.07, 6.45) is 0. The predicted octanol–water partition coefficient (Wildman–Crippen LogP) is 4.47. The molecule has 0 spiro atoms. The second kappa shape index (κ2) is 4.90. The lowest BCUT2D eigenvalue weighted by Crippen LogP contribution is -2.02. The van der Waals surface area contributed by atoms with Gasteiger partial charge >= 0.3 is 0 Å². The molecule has 0 atom stereocenters. The Morgan fingerprint density at radius 2 is 2.11 bits per heavy atom. The first-order valence-electron chi connectivity index (χ1n) is 6.26. The number of anilines is 1. The summed E-state index contributed by atoms with van der Waals surface area (Å²) in [7, 11) is 0. The maximum Gasteiger partial charge on any atom is 0.173 e. The van der Waals surface area contributed by atoms with Crippen LogP contribution in [0.15, 0.2) is 17.5 Å². The van der Waals surface area contributed by atoms with Crippen LogP contribution in [0.25, 0.3) is 20.9 Å². The van der Waals surface area contributed by atoms with Crippen LogP contribution in [0.5, 0.6) is 0 Å². The van der Waals surface area contributed by atoms with Crippen LogP contribution in [0, 0.1) is 13.8 Å². The molecule has 3 aromatic rings. The number of fused-ring (bicyclic) bond motifs is 1. The summed E-state index contributed by atoms with van der Waals surface area (Å²) in [4.78, 5) is 12.9. The number of rotatable bonds is 3. The van der Waals surface area contributed by atoms with E-state index in [2.05, 4.69) is 37.5 Å². The van der Waals surface area contributed by atoms with Gasteiger partial charge in [-0.1, -0.05) is 6.07 Å². The second-order valence-electron chi connectivity index (χ2n) is 4.37. The Morgan fingerprint density at radius 1 is 1.26 bits per heavy atom. The fourth-order valence-electron chi connectivity index (χ4n) is 2.06. The molecule has 0 aliphatic carbocycles. The van der Waals surface area contributed by atoms with E-state index in [0.717, 1.165) is 27.9 Å². The molecule has 0 amide bonds. The van der Waals surface area contributed by atoms with Crippen LogP contribution in [-0.2, 0) is 0 Å². The Balaban J connectivity index is 2.27. The van der Waals surface area contributed by atoms with Gasteiger partial charge < -0.3 is 5.32 Å². The van der Waals surface area contributed by atoms with Crippen molar-refractivity contribution in [2.75, 3.05) is 11.9 Å². The van der Waals surface area contributed by atoms with Crippen molar-refractivity contribution in [3.05, 3.63) is 28.0 Å². The smallest absolute Gasteiger partial charge is 0.173 e. The van der Waals surface area contributed by atoms with Crippen molar-refractivity contribution in [3.8, 4) is 10.7 Å². The topological polar surface area (TPSA) is 37.8 Å². The SMILES string of the molecule is CCNc1nc(-c2cccs2)nc2sc(C)c(C)c12. The van der Waals surface area contributed by atoms with Gasteiger partial charge in [0.2, 0.25) is 0 Å². The standard InChI is InChI=1S/C14H15N3S2/c1-4-15-13-11-8(2)9(3)19-14(11)17-12(16-13)10-6-5-7-18-10/h5-7H,4H2,1-3H3,(H,15,16,17). The molecule has 0 aliphatic heterocycles. The minimum atomic E-state index is 0.819. The van der Waals surface area contributed by atoms with Crippen molar-refractivity contribution in [1.82, 2.24) is 9.97 Å². The van der Waals surface area contributed by atoms with Gasteiger partial charge in [0.25, 0.3) is 0 Å². The van der Waals surface area contributed by atoms with E-state index < -0.39 is 0 Å². The van der Waals surface area contributed by atoms with Gasteiger partial charge in [-0.15, -0.1) is 22.7 Å². The third-order valence-electron chi connectivity index (χ3n) is 3.11. The highest BCUT2D eigenvalue weighted by Gasteiger charge is 2.15. The average Bonchev–Trinajstić information content (AvgIpc) is 2.99. The maximum absolute atomic E-state index is 4.72. The molecule has 0 unspecified atom stereocenters. The fraction of sp³-hybridized carbons (Fsp3) is 0.286. The summed E-state index contributed by atoms with van der Waals surface area (Å²) in [5.74, 6) is 1.78. The second-order valence-corrected chi connectivity index (χ2v) is 6.52. The van der Waals surface area contributed by atoms with E-state index in [-0.39, 0.29) is 0 Å². The van der Waals surface area contributed by atoms with Gasteiger partial charge in [0, 0.05) is 11.4 Å². The van der Waals surface area contributed by atoms with Crippen molar-refractivity contribution >= 4 is 38.7 Å². The van der Waals surface area contributed by atoms with Crippen LogP contribution in [0.2, 0.25) is 0 Å². The molecular weight excluding hydrogens is 274 g/mol. The number of hydrogen-bond acceptors (Lipinski definition) is 5. The molecule has 0 bridgehead atoms. The third kappa shape index (κ3) is 2.13. The Labute approximate surface area is 120 Å². The van der Waals surface area contributed by atoms with Crippen LogP contribution in [-0.4, -0.2) is 16.5 Å². The molecule has 3 nitrogen and oxygen atoms in total. The van der Waals surface area contributed by atoms with Crippen molar-refractivity contribution in [1.29, 1.82) is 0 Å². The van der Waals surface area contributed by atoms with Crippen molar-refractivity contribution in [2.45, 2.75) is 20.8 Å². The molecule has 19 heavy (non-hydrogen) atoms. The quantitative estimate of drug-likeness (QED) is 0.773. The Kier molecular flexibility index (Phi) is 3.24. The van der Waals surface area contributed by atoms with Gasteiger partial charge in [0.15, 0.2) is 5.82 Å². The monoisotopic (exact) mass is 289 g/mol. The van der Waals surface area contributed by atoms with Gasteiger partial charge in [-0.3, -0.25) is 0 Å². The van der Waals surface area contributed by atoms with Crippen LogP contribution in [0.4, 0.5) is 5.82 Å². The molecule has 5 heteroatoms. The van der Waals surface area contributed by atoms with Crippen LogP contribution in [0.1, 0.15) is 17.4 Å². The van der Waals surface area contributed by atoms with Crippen LogP contribution < -0.4 is 5.32 Å². The molecule has 0 saturated carbocycles. The molecule has 3 heterocycles. The molecule has 98 valence electrons. The summed E-state index contributed by atoms with van der Waals surface area (Å²) in [6.45, 7) is 7.24. The van der Waals surface area contributed by atoms with Gasteiger partial charge in [-0.2, -0.15) is 0 Å². The highest BCUT2D eigenvalue weighted by Crippen LogP contribution is 2.35. The molecule has 0 saturated heterocycles. The lowest BCUT2D eigenvalue weighted by atomic mass is 10.2. The Morgan fingerprint density at radius 3 is 2.79 bits per heavy atom. The van der Waals surface area contributed by atoms with E-state index in [9.17, 15) is 0 Å². The number of aryl methyl sites for hydroxylation is 2. The number of hydrogen-bond donors (Lipinski definition) is 1. The van der Waals surface area contributed by atoms with E-state index >= 15 is 0 Å². The van der Waals surface area contributed by atoms with Crippen LogP contribution in [0.3, 0.4) is 0 Å². The number of thiophene rings is 2. The highest BCUT2D eigenvalue weighted by molar-refractivity contribution is 7.19. The summed E-state index contributed by atoms with van der Waals surface area (Å²) >= 11 is 3.42. The van der Waals surface area contributed by atoms with Gasteiger partial charge in [-0.05, 0) is 37.8 Å². The number of aromatic nitrogens is 2. The lowest BCUT2D eigenvalue weighted by molar-refractivity contribution is 1.15. The predicted molar refractivity (Wildman–Crippen MR) is 84.4 cm³/mol. The van der Waals surface area contributed by atoms with E-state index in [1.54, 1.807) is 22.7 Å². The minimum Gasteiger partial charge on any atom is -0.370 e. The first kappa shape index (κ1) is 12.6. The molecule has 0 aliphatic rings. The first-order valence-corrected chi connectivity index (χ1v) is 7.95. The molecule has 0 aromatic carbocycles. The van der Waals surface area contributed by atoms with E-state index in [1.165, 1.54) is 15.8 Å².